The van der Waals surface area contributed by atoms with E-state index >= 15 is 0 Å². The number of ether oxygens (including phenoxy) is 1. The van der Waals surface area contributed by atoms with Crippen molar-refractivity contribution in [3.63, 3.8) is 0 Å². The van der Waals surface area contributed by atoms with Gasteiger partial charge in [-0.2, -0.15) is 0 Å². The molecule has 1 aliphatic rings. The SMILES string of the molecule is CCN(CC)c1ccc(C(=O)NNC(=O)c2sc(N3CCOCC3)nc2C)cn1. The highest BCUT2D eigenvalue weighted by molar-refractivity contribution is 7.17. The van der Waals surface area contributed by atoms with Crippen LogP contribution in [0.15, 0.2) is 18.3 Å². The van der Waals surface area contributed by atoms with Crippen LogP contribution in [0.3, 0.4) is 0 Å². The van der Waals surface area contributed by atoms with E-state index in [1.807, 2.05) is 13.8 Å². The Morgan fingerprint density at radius 3 is 2.48 bits per heavy atom. The number of amides is 2. The Labute approximate surface area is 174 Å². The maximum atomic E-state index is 12.5. The van der Waals surface area contributed by atoms with Gasteiger partial charge >= 0.3 is 0 Å². The van der Waals surface area contributed by atoms with Crippen LogP contribution < -0.4 is 20.7 Å². The van der Waals surface area contributed by atoms with Crippen molar-refractivity contribution in [2.24, 2.45) is 0 Å². The average Bonchev–Trinajstić information content (AvgIpc) is 3.15. The van der Waals surface area contributed by atoms with Crippen molar-refractivity contribution in [1.82, 2.24) is 20.8 Å². The third kappa shape index (κ3) is 5.01. The zero-order valence-electron chi connectivity index (χ0n) is 16.9. The lowest BCUT2D eigenvalue weighted by Gasteiger charge is -2.25. The van der Waals surface area contributed by atoms with Crippen LogP contribution in [-0.4, -0.2) is 61.2 Å². The third-order valence-corrected chi connectivity index (χ3v) is 5.88. The Kier molecular flexibility index (Phi) is 6.99. The number of morpholine rings is 1. The number of carbonyl (C=O) groups is 2. The van der Waals surface area contributed by atoms with Gasteiger partial charge < -0.3 is 14.5 Å². The summed E-state index contributed by atoms with van der Waals surface area (Å²) >= 11 is 1.31. The lowest BCUT2D eigenvalue weighted by Crippen LogP contribution is -2.41. The van der Waals surface area contributed by atoms with E-state index in [4.69, 9.17) is 4.74 Å². The maximum Gasteiger partial charge on any atom is 0.281 e. The van der Waals surface area contributed by atoms with Gasteiger partial charge in [-0.25, -0.2) is 9.97 Å². The van der Waals surface area contributed by atoms with Crippen molar-refractivity contribution in [2.45, 2.75) is 20.8 Å². The lowest BCUT2D eigenvalue weighted by molar-refractivity contribution is 0.0848. The zero-order valence-corrected chi connectivity index (χ0v) is 17.7. The molecule has 0 aliphatic carbocycles. The van der Waals surface area contributed by atoms with E-state index in [0.717, 1.165) is 37.1 Å². The summed E-state index contributed by atoms with van der Waals surface area (Å²) < 4.78 is 5.35. The van der Waals surface area contributed by atoms with Crippen molar-refractivity contribution in [2.75, 3.05) is 49.2 Å². The fourth-order valence-electron chi connectivity index (χ4n) is 2.98. The molecular formula is C19H26N6O3S. The van der Waals surface area contributed by atoms with Crippen molar-refractivity contribution < 1.29 is 14.3 Å². The maximum absolute atomic E-state index is 12.5. The highest BCUT2D eigenvalue weighted by atomic mass is 32.1. The van der Waals surface area contributed by atoms with E-state index in [-0.39, 0.29) is 5.91 Å². The number of anilines is 2. The highest BCUT2D eigenvalue weighted by Gasteiger charge is 2.21. The molecule has 0 aromatic carbocycles. The second kappa shape index (κ2) is 9.66. The molecule has 29 heavy (non-hydrogen) atoms. The summed E-state index contributed by atoms with van der Waals surface area (Å²) in [6.45, 7) is 10.4. The molecule has 2 N–H and O–H groups in total. The minimum atomic E-state index is -0.424. The number of hydrogen-bond donors (Lipinski definition) is 2. The first-order valence-electron chi connectivity index (χ1n) is 9.65. The summed E-state index contributed by atoms with van der Waals surface area (Å²) in [5.41, 5.74) is 5.91. The molecule has 2 aromatic heterocycles. The van der Waals surface area contributed by atoms with Crippen LogP contribution in [0.1, 0.15) is 39.6 Å². The van der Waals surface area contributed by atoms with Gasteiger partial charge in [0.1, 0.15) is 10.7 Å². The van der Waals surface area contributed by atoms with Crippen LogP contribution in [0.25, 0.3) is 0 Å². The molecule has 0 bridgehead atoms. The van der Waals surface area contributed by atoms with Crippen molar-refractivity contribution >= 4 is 34.1 Å². The molecule has 0 atom stereocenters. The van der Waals surface area contributed by atoms with Crippen LogP contribution in [0.2, 0.25) is 0 Å². The second-order valence-corrected chi connectivity index (χ2v) is 7.47. The van der Waals surface area contributed by atoms with E-state index in [9.17, 15) is 9.59 Å². The molecule has 1 saturated heterocycles. The molecule has 0 unspecified atom stereocenters. The minimum Gasteiger partial charge on any atom is -0.378 e. The number of hydrazine groups is 1. The van der Waals surface area contributed by atoms with Crippen molar-refractivity contribution in [3.05, 3.63) is 34.5 Å². The Morgan fingerprint density at radius 1 is 1.17 bits per heavy atom. The summed E-state index contributed by atoms with van der Waals surface area (Å²) in [6, 6.07) is 3.49. The van der Waals surface area contributed by atoms with Gasteiger partial charge in [-0.15, -0.1) is 0 Å². The molecule has 2 amide bonds. The molecule has 9 nitrogen and oxygen atoms in total. The monoisotopic (exact) mass is 418 g/mol. The first-order chi connectivity index (χ1) is 14.0. The number of carbonyl (C=O) groups excluding carboxylic acids is 2. The van der Waals surface area contributed by atoms with Gasteiger partial charge in [-0.1, -0.05) is 11.3 Å². The minimum absolute atomic E-state index is 0.372. The predicted molar refractivity (Wildman–Crippen MR) is 113 cm³/mol. The van der Waals surface area contributed by atoms with E-state index < -0.39 is 5.91 Å². The first-order valence-corrected chi connectivity index (χ1v) is 10.5. The summed E-state index contributed by atoms with van der Waals surface area (Å²) in [5.74, 6) is -0.000361. The van der Waals surface area contributed by atoms with Crippen LogP contribution >= 0.6 is 11.3 Å². The Bertz CT molecular complexity index is 844. The summed E-state index contributed by atoms with van der Waals surface area (Å²) in [7, 11) is 0. The van der Waals surface area contributed by atoms with E-state index in [0.29, 0.717) is 29.3 Å². The van der Waals surface area contributed by atoms with Gasteiger partial charge in [0.25, 0.3) is 11.8 Å². The Morgan fingerprint density at radius 2 is 1.86 bits per heavy atom. The standard InChI is InChI=1S/C19H26N6O3S/c1-4-24(5-2)15-7-6-14(12-20-15)17(26)22-23-18(27)16-13(3)21-19(29-16)25-8-10-28-11-9-25/h6-7,12H,4-5,8-11H2,1-3H3,(H,22,26)(H,23,27). The fourth-order valence-corrected chi connectivity index (χ4v) is 3.99. The average molecular weight is 419 g/mol. The summed E-state index contributed by atoms with van der Waals surface area (Å²) in [5, 5.41) is 0.790. The molecule has 0 spiro atoms. The lowest BCUT2D eigenvalue weighted by atomic mass is 10.2. The number of nitrogens with one attached hydrogen (secondary N) is 2. The zero-order chi connectivity index (χ0) is 20.8. The molecule has 3 rings (SSSR count). The van der Waals surface area contributed by atoms with Crippen molar-refractivity contribution in [1.29, 1.82) is 0 Å². The number of thiazole rings is 1. The predicted octanol–water partition coefficient (Wildman–Crippen LogP) is 1.60. The van der Waals surface area contributed by atoms with Crippen LogP contribution in [0.5, 0.6) is 0 Å². The molecule has 10 heteroatoms. The molecular weight excluding hydrogens is 392 g/mol. The number of aryl methyl sites for hydroxylation is 1. The van der Waals surface area contributed by atoms with E-state index in [2.05, 4.69) is 30.6 Å². The summed E-state index contributed by atoms with van der Waals surface area (Å²) in [6.07, 6.45) is 1.50. The largest absolute Gasteiger partial charge is 0.378 e. The molecule has 156 valence electrons. The summed E-state index contributed by atoms with van der Waals surface area (Å²) in [4.78, 5) is 38.3. The van der Waals surface area contributed by atoms with Crippen molar-refractivity contribution in [3.8, 4) is 0 Å². The van der Waals surface area contributed by atoms with Gasteiger partial charge in [-0.05, 0) is 32.9 Å². The van der Waals surface area contributed by atoms with Gasteiger partial charge in [0.05, 0.1) is 24.5 Å². The first kappa shape index (κ1) is 21.0. The normalized spacial score (nSPS) is 13.8. The van der Waals surface area contributed by atoms with Crippen LogP contribution in [0.4, 0.5) is 10.9 Å². The molecule has 1 fully saturated rings. The number of hydrogen-bond acceptors (Lipinski definition) is 8. The number of aromatic nitrogens is 2. The molecule has 2 aromatic rings. The smallest absolute Gasteiger partial charge is 0.281 e. The van der Waals surface area contributed by atoms with Gasteiger partial charge in [0, 0.05) is 32.4 Å². The molecule has 0 saturated carbocycles. The molecule has 1 aliphatic heterocycles. The number of pyridine rings is 1. The topological polar surface area (TPSA) is 99.7 Å². The third-order valence-electron chi connectivity index (χ3n) is 4.66. The number of rotatable bonds is 6. The van der Waals surface area contributed by atoms with Gasteiger partial charge in [0.2, 0.25) is 0 Å². The van der Waals surface area contributed by atoms with E-state index in [1.165, 1.54) is 17.5 Å². The fraction of sp³-hybridized carbons (Fsp3) is 0.474. The van der Waals surface area contributed by atoms with Crippen LogP contribution in [-0.2, 0) is 4.74 Å². The quantitative estimate of drug-likeness (QED) is 0.688. The van der Waals surface area contributed by atoms with Crippen LogP contribution in [0, 0.1) is 6.92 Å². The Balaban J connectivity index is 1.59. The molecule has 3 heterocycles. The van der Waals surface area contributed by atoms with Gasteiger partial charge in [0.15, 0.2) is 5.13 Å². The second-order valence-electron chi connectivity index (χ2n) is 6.50. The highest BCUT2D eigenvalue weighted by Crippen LogP contribution is 2.26. The van der Waals surface area contributed by atoms with E-state index in [1.54, 1.807) is 19.1 Å². The molecule has 0 radical (unpaired) electrons. The Hall–Kier alpha value is -2.72. The number of nitrogens with zero attached hydrogens (tertiary/aromatic N) is 4. The van der Waals surface area contributed by atoms with Gasteiger partial charge in [-0.3, -0.25) is 20.4 Å².